The number of benzene rings is 4. The van der Waals surface area contributed by atoms with Crippen LogP contribution in [-0.2, 0) is 13.1 Å². The van der Waals surface area contributed by atoms with Crippen molar-refractivity contribution in [1.29, 1.82) is 0 Å². The number of ether oxygens (including phenoxy) is 3. The molecule has 0 aromatic heterocycles. The number of hydrogen-bond donors (Lipinski definition) is 0. The highest BCUT2D eigenvalue weighted by Crippen LogP contribution is 2.44. The molecule has 0 bridgehead atoms. The van der Waals surface area contributed by atoms with Gasteiger partial charge in [0.25, 0.3) is 5.91 Å². The molecular formula is C27H21NO4. The van der Waals surface area contributed by atoms with Gasteiger partial charge in [0.05, 0.1) is 12.7 Å². The summed E-state index contributed by atoms with van der Waals surface area (Å²) in [5.41, 5.74) is 4.86. The van der Waals surface area contributed by atoms with Gasteiger partial charge in [0.2, 0.25) is 6.79 Å². The molecule has 0 spiro atoms. The molecular weight excluding hydrogens is 402 g/mol. The van der Waals surface area contributed by atoms with Crippen LogP contribution in [0.2, 0.25) is 0 Å². The van der Waals surface area contributed by atoms with E-state index in [4.69, 9.17) is 14.2 Å². The first-order valence-corrected chi connectivity index (χ1v) is 10.6. The van der Waals surface area contributed by atoms with E-state index in [9.17, 15) is 4.79 Å². The van der Waals surface area contributed by atoms with Gasteiger partial charge in [0.15, 0.2) is 11.5 Å². The second-order valence-corrected chi connectivity index (χ2v) is 8.09. The number of rotatable bonds is 4. The number of carbonyl (C=O) groups excluding carboxylic acids is 1. The minimum atomic E-state index is 0.0502. The van der Waals surface area contributed by atoms with Crippen LogP contribution in [0.25, 0.3) is 21.9 Å². The Labute approximate surface area is 185 Å². The lowest BCUT2D eigenvalue weighted by Crippen LogP contribution is -2.23. The summed E-state index contributed by atoms with van der Waals surface area (Å²) in [5, 5.41) is 2.05. The molecule has 0 N–H and O–H groups in total. The van der Waals surface area contributed by atoms with Gasteiger partial charge in [0.1, 0.15) is 5.75 Å². The third-order valence-electron chi connectivity index (χ3n) is 6.17. The van der Waals surface area contributed by atoms with Crippen LogP contribution in [0.1, 0.15) is 21.5 Å². The quantitative estimate of drug-likeness (QED) is 0.441. The largest absolute Gasteiger partial charge is 0.497 e. The standard InChI is InChI=1S/C27H21NO4/c1-30-21-9-7-17(8-10-21)14-28-15-20-11-19-12-23-24(32-16-31-23)13-22(19)25(26(20)27(28)29)18-5-3-2-4-6-18/h2-13H,14-16H2,1H3. The van der Waals surface area contributed by atoms with Crippen molar-refractivity contribution in [2.75, 3.05) is 13.9 Å². The molecule has 158 valence electrons. The Balaban J connectivity index is 1.48. The topological polar surface area (TPSA) is 48.0 Å². The maximum Gasteiger partial charge on any atom is 0.255 e. The fourth-order valence-corrected chi connectivity index (χ4v) is 4.64. The lowest BCUT2D eigenvalue weighted by atomic mass is 9.90. The number of fused-ring (bicyclic) bond motifs is 3. The summed E-state index contributed by atoms with van der Waals surface area (Å²) in [7, 11) is 1.65. The van der Waals surface area contributed by atoms with Gasteiger partial charge in [-0.2, -0.15) is 0 Å². The van der Waals surface area contributed by atoms with Gasteiger partial charge in [-0.3, -0.25) is 4.79 Å². The average molecular weight is 423 g/mol. The van der Waals surface area contributed by atoms with Gasteiger partial charge in [-0.25, -0.2) is 0 Å². The average Bonchev–Trinajstić information content (AvgIpc) is 3.41. The summed E-state index contributed by atoms with van der Waals surface area (Å²) in [4.78, 5) is 15.5. The molecule has 5 heteroatoms. The highest BCUT2D eigenvalue weighted by Gasteiger charge is 2.32. The van der Waals surface area contributed by atoms with Gasteiger partial charge in [-0.15, -0.1) is 0 Å². The normalized spacial score (nSPS) is 14.2. The first-order chi connectivity index (χ1) is 15.7. The van der Waals surface area contributed by atoms with Crippen molar-refractivity contribution in [1.82, 2.24) is 4.90 Å². The molecule has 5 nitrogen and oxygen atoms in total. The number of methoxy groups -OCH3 is 1. The lowest BCUT2D eigenvalue weighted by molar-refractivity contribution is 0.0767. The van der Waals surface area contributed by atoms with E-state index in [1.54, 1.807) is 7.11 Å². The zero-order valence-corrected chi connectivity index (χ0v) is 17.6. The molecule has 0 saturated heterocycles. The maximum absolute atomic E-state index is 13.6. The SMILES string of the molecule is COc1ccc(CN2Cc3cc4cc5c(cc4c(-c4ccccc4)c3C2=O)OCO5)cc1. The van der Waals surface area contributed by atoms with E-state index in [2.05, 4.69) is 18.2 Å². The summed E-state index contributed by atoms with van der Waals surface area (Å²) in [6, 6.07) is 24.1. The molecule has 0 radical (unpaired) electrons. The number of amides is 1. The van der Waals surface area contributed by atoms with Crippen molar-refractivity contribution < 1.29 is 19.0 Å². The molecule has 0 fully saturated rings. The van der Waals surface area contributed by atoms with Crippen molar-refractivity contribution >= 4 is 16.7 Å². The highest BCUT2D eigenvalue weighted by molar-refractivity contribution is 6.13. The summed E-state index contributed by atoms with van der Waals surface area (Å²) in [5.74, 6) is 2.32. The molecule has 0 aliphatic carbocycles. The van der Waals surface area contributed by atoms with Crippen LogP contribution in [0.4, 0.5) is 0 Å². The van der Waals surface area contributed by atoms with E-state index in [0.717, 1.165) is 55.8 Å². The van der Waals surface area contributed by atoms with Crippen molar-refractivity contribution in [2.45, 2.75) is 13.1 Å². The molecule has 0 unspecified atom stereocenters. The minimum Gasteiger partial charge on any atom is -0.497 e. The first kappa shape index (κ1) is 18.8. The van der Waals surface area contributed by atoms with Gasteiger partial charge in [-0.05, 0) is 57.8 Å². The predicted octanol–water partition coefficient (Wildman–Crippen LogP) is 5.40. The Morgan fingerprint density at radius 3 is 2.41 bits per heavy atom. The van der Waals surface area contributed by atoms with E-state index in [-0.39, 0.29) is 12.7 Å². The van der Waals surface area contributed by atoms with E-state index in [1.165, 1.54) is 0 Å². The molecule has 4 aromatic carbocycles. The predicted molar refractivity (Wildman–Crippen MR) is 122 cm³/mol. The number of nitrogens with zero attached hydrogens (tertiary/aromatic N) is 1. The van der Waals surface area contributed by atoms with E-state index in [1.807, 2.05) is 59.5 Å². The Kier molecular flexibility index (Phi) is 4.28. The summed E-state index contributed by atoms with van der Waals surface area (Å²) < 4.78 is 16.5. The minimum absolute atomic E-state index is 0.0502. The lowest BCUT2D eigenvalue weighted by Gasteiger charge is -2.16. The molecule has 6 rings (SSSR count). The van der Waals surface area contributed by atoms with E-state index < -0.39 is 0 Å². The van der Waals surface area contributed by atoms with Crippen molar-refractivity contribution in [2.24, 2.45) is 0 Å². The van der Waals surface area contributed by atoms with Gasteiger partial charge < -0.3 is 19.1 Å². The van der Waals surface area contributed by atoms with Gasteiger partial charge in [-0.1, -0.05) is 42.5 Å². The highest BCUT2D eigenvalue weighted by atomic mass is 16.7. The monoisotopic (exact) mass is 423 g/mol. The molecule has 2 aliphatic heterocycles. The Hall–Kier alpha value is -3.99. The van der Waals surface area contributed by atoms with Crippen LogP contribution in [0, 0.1) is 0 Å². The third kappa shape index (κ3) is 2.97. The van der Waals surface area contributed by atoms with Crippen LogP contribution < -0.4 is 14.2 Å². The molecule has 4 aromatic rings. The molecule has 2 heterocycles. The Morgan fingerprint density at radius 1 is 0.906 bits per heavy atom. The summed E-state index contributed by atoms with van der Waals surface area (Å²) in [6.45, 7) is 1.34. The fraction of sp³-hybridized carbons (Fsp3) is 0.148. The zero-order chi connectivity index (χ0) is 21.7. The summed E-state index contributed by atoms with van der Waals surface area (Å²) in [6.07, 6.45) is 0. The van der Waals surface area contributed by atoms with Crippen LogP contribution >= 0.6 is 0 Å². The van der Waals surface area contributed by atoms with Gasteiger partial charge in [0, 0.05) is 18.7 Å². The Morgan fingerprint density at radius 2 is 1.66 bits per heavy atom. The molecule has 1 amide bonds. The zero-order valence-electron chi connectivity index (χ0n) is 17.6. The van der Waals surface area contributed by atoms with E-state index in [0.29, 0.717) is 13.1 Å². The molecule has 2 aliphatic rings. The Bertz CT molecular complexity index is 1350. The van der Waals surface area contributed by atoms with Crippen molar-refractivity contribution in [3.63, 3.8) is 0 Å². The van der Waals surface area contributed by atoms with Crippen molar-refractivity contribution in [3.05, 3.63) is 89.5 Å². The maximum atomic E-state index is 13.6. The second-order valence-electron chi connectivity index (χ2n) is 8.09. The molecule has 0 atom stereocenters. The van der Waals surface area contributed by atoms with Crippen molar-refractivity contribution in [3.8, 4) is 28.4 Å². The van der Waals surface area contributed by atoms with Crippen LogP contribution in [0.15, 0.2) is 72.8 Å². The van der Waals surface area contributed by atoms with Crippen LogP contribution in [0.3, 0.4) is 0 Å². The number of carbonyl (C=O) groups is 1. The third-order valence-corrected chi connectivity index (χ3v) is 6.17. The van der Waals surface area contributed by atoms with Gasteiger partial charge >= 0.3 is 0 Å². The molecule has 0 saturated carbocycles. The summed E-state index contributed by atoms with van der Waals surface area (Å²) >= 11 is 0. The van der Waals surface area contributed by atoms with E-state index >= 15 is 0 Å². The number of hydrogen-bond acceptors (Lipinski definition) is 4. The van der Waals surface area contributed by atoms with Crippen LogP contribution in [0.5, 0.6) is 17.2 Å². The fourth-order valence-electron chi connectivity index (χ4n) is 4.64. The smallest absolute Gasteiger partial charge is 0.255 e. The first-order valence-electron chi connectivity index (χ1n) is 10.6. The van der Waals surface area contributed by atoms with Crippen LogP contribution in [-0.4, -0.2) is 24.7 Å². The second kappa shape index (κ2) is 7.31. The molecule has 32 heavy (non-hydrogen) atoms.